The molecule has 1 aromatic carbocycles. The van der Waals surface area contributed by atoms with Gasteiger partial charge in [0.15, 0.2) is 0 Å². The highest BCUT2D eigenvalue weighted by atomic mass is 35.5. The lowest BCUT2D eigenvalue weighted by molar-refractivity contribution is -0.137. The molecule has 1 aromatic rings. The second kappa shape index (κ2) is 3.89. The Labute approximate surface area is 103 Å². The molecule has 2 rings (SSSR count). The zero-order chi connectivity index (χ0) is 12.8. The van der Waals surface area contributed by atoms with Crippen LogP contribution in [0.15, 0.2) is 18.2 Å². The molecule has 0 saturated heterocycles. The molecule has 1 aliphatic carbocycles. The molecular weight excluding hydrogens is 251 g/mol. The fraction of sp³-hybridized carbons (Fsp3) is 0.500. The van der Waals surface area contributed by atoms with Crippen molar-refractivity contribution in [1.82, 2.24) is 0 Å². The maximum Gasteiger partial charge on any atom is 0.416 e. The van der Waals surface area contributed by atoms with Gasteiger partial charge in [-0.05, 0) is 43.5 Å². The van der Waals surface area contributed by atoms with Crippen LogP contribution in [0.1, 0.15) is 30.9 Å². The van der Waals surface area contributed by atoms with Gasteiger partial charge in [0, 0.05) is 16.5 Å². The Bertz CT molecular complexity index is 436. The van der Waals surface area contributed by atoms with E-state index in [4.69, 9.17) is 17.3 Å². The van der Waals surface area contributed by atoms with E-state index >= 15 is 0 Å². The Morgan fingerprint density at radius 1 is 1.35 bits per heavy atom. The number of alkyl halides is 3. The first-order valence-corrected chi connectivity index (χ1v) is 5.78. The molecule has 0 heterocycles. The number of rotatable bonds is 2. The molecule has 1 unspecified atom stereocenters. The van der Waals surface area contributed by atoms with Gasteiger partial charge < -0.3 is 5.73 Å². The molecule has 1 fully saturated rings. The summed E-state index contributed by atoms with van der Waals surface area (Å²) in [6.07, 6.45) is -2.75. The number of halogens is 4. The average Bonchev–Trinajstić information content (AvgIpc) is 2.97. The fourth-order valence-electron chi connectivity index (χ4n) is 2.19. The summed E-state index contributed by atoms with van der Waals surface area (Å²) in [6.45, 7) is 1.81. The minimum absolute atomic E-state index is 0.191. The highest BCUT2D eigenvalue weighted by Gasteiger charge is 2.49. The maximum absolute atomic E-state index is 12.6. The molecular formula is C12H13ClF3N. The van der Waals surface area contributed by atoms with Gasteiger partial charge in [0.2, 0.25) is 0 Å². The molecule has 1 atom stereocenters. The van der Waals surface area contributed by atoms with Crippen LogP contribution in [0.25, 0.3) is 0 Å². The second-order valence-corrected chi connectivity index (χ2v) is 5.04. The monoisotopic (exact) mass is 263 g/mol. The molecule has 0 spiro atoms. The van der Waals surface area contributed by atoms with Crippen molar-refractivity contribution in [3.63, 3.8) is 0 Å². The molecule has 17 heavy (non-hydrogen) atoms. The third kappa shape index (κ3) is 2.16. The lowest BCUT2D eigenvalue weighted by atomic mass is 9.88. The van der Waals surface area contributed by atoms with E-state index in [-0.39, 0.29) is 11.5 Å². The first-order valence-electron chi connectivity index (χ1n) is 5.40. The third-order valence-electron chi connectivity index (χ3n) is 3.49. The van der Waals surface area contributed by atoms with Crippen molar-refractivity contribution in [2.45, 2.75) is 37.4 Å². The van der Waals surface area contributed by atoms with E-state index < -0.39 is 11.7 Å². The Kier molecular flexibility index (Phi) is 2.91. The normalized spacial score (nSPS) is 20.1. The largest absolute Gasteiger partial charge is 0.416 e. The summed E-state index contributed by atoms with van der Waals surface area (Å²) < 4.78 is 37.9. The van der Waals surface area contributed by atoms with Gasteiger partial charge in [-0.15, -0.1) is 0 Å². The van der Waals surface area contributed by atoms with Crippen LogP contribution < -0.4 is 5.73 Å². The average molecular weight is 264 g/mol. The molecule has 2 N–H and O–H groups in total. The van der Waals surface area contributed by atoms with Crippen LogP contribution in [-0.4, -0.2) is 6.04 Å². The fourth-order valence-corrected chi connectivity index (χ4v) is 2.49. The molecule has 0 aliphatic heterocycles. The van der Waals surface area contributed by atoms with Gasteiger partial charge in [-0.25, -0.2) is 0 Å². The summed E-state index contributed by atoms with van der Waals surface area (Å²) in [5.74, 6) is 0. The Hall–Kier alpha value is -0.740. The highest BCUT2D eigenvalue weighted by molar-refractivity contribution is 6.31. The summed E-state index contributed by atoms with van der Waals surface area (Å²) in [6, 6.07) is 3.26. The predicted octanol–water partition coefficient (Wildman–Crippen LogP) is 3.74. The minimum Gasteiger partial charge on any atom is -0.327 e. The standard InChI is InChI=1S/C12H13ClF3N/c1-7(17)11(4-5-11)9-6-8(12(14,15)16)2-3-10(9)13/h2-3,6-7H,4-5,17H2,1H3. The van der Waals surface area contributed by atoms with Gasteiger partial charge in [0.1, 0.15) is 0 Å². The van der Waals surface area contributed by atoms with Gasteiger partial charge in [-0.1, -0.05) is 11.6 Å². The number of benzene rings is 1. The van der Waals surface area contributed by atoms with Crippen molar-refractivity contribution < 1.29 is 13.2 Å². The second-order valence-electron chi connectivity index (χ2n) is 4.64. The molecule has 0 radical (unpaired) electrons. The van der Waals surface area contributed by atoms with Gasteiger partial charge in [-0.2, -0.15) is 13.2 Å². The van der Waals surface area contributed by atoms with E-state index in [0.717, 1.165) is 25.0 Å². The van der Waals surface area contributed by atoms with Crippen molar-refractivity contribution in [2.75, 3.05) is 0 Å². The Balaban J connectivity index is 2.48. The van der Waals surface area contributed by atoms with Crippen LogP contribution >= 0.6 is 11.6 Å². The van der Waals surface area contributed by atoms with Crippen molar-refractivity contribution in [3.8, 4) is 0 Å². The van der Waals surface area contributed by atoms with Crippen molar-refractivity contribution in [3.05, 3.63) is 34.3 Å². The van der Waals surface area contributed by atoms with E-state index in [1.165, 1.54) is 6.07 Å². The quantitative estimate of drug-likeness (QED) is 0.864. The smallest absolute Gasteiger partial charge is 0.327 e. The molecule has 1 nitrogen and oxygen atoms in total. The number of nitrogens with two attached hydrogens (primary N) is 1. The molecule has 94 valence electrons. The SMILES string of the molecule is CC(N)C1(c2cc(C(F)(F)F)ccc2Cl)CC1. The number of hydrogen-bond donors (Lipinski definition) is 1. The van der Waals surface area contributed by atoms with Gasteiger partial charge in [0.05, 0.1) is 5.56 Å². The molecule has 0 aromatic heterocycles. The zero-order valence-corrected chi connectivity index (χ0v) is 10.1. The first-order chi connectivity index (χ1) is 7.77. The topological polar surface area (TPSA) is 26.0 Å². The van der Waals surface area contributed by atoms with Crippen molar-refractivity contribution >= 4 is 11.6 Å². The maximum atomic E-state index is 12.6. The third-order valence-corrected chi connectivity index (χ3v) is 3.82. The highest BCUT2D eigenvalue weighted by Crippen LogP contribution is 2.53. The van der Waals surface area contributed by atoms with E-state index in [1.807, 2.05) is 6.92 Å². The number of hydrogen-bond acceptors (Lipinski definition) is 1. The summed E-state index contributed by atoms with van der Waals surface area (Å²) in [4.78, 5) is 0. The minimum atomic E-state index is -4.34. The molecule has 1 saturated carbocycles. The predicted molar refractivity (Wildman–Crippen MR) is 61.0 cm³/mol. The Morgan fingerprint density at radius 2 is 1.94 bits per heavy atom. The van der Waals surface area contributed by atoms with Crippen molar-refractivity contribution in [1.29, 1.82) is 0 Å². The van der Waals surface area contributed by atoms with Crippen LogP contribution in [0.3, 0.4) is 0 Å². The zero-order valence-electron chi connectivity index (χ0n) is 9.31. The summed E-state index contributed by atoms with van der Waals surface area (Å²) in [5, 5.41) is 0.368. The van der Waals surface area contributed by atoms with Crippen LogP contribution in [0, 0.1) is 0 Å². The van der Waals surface area contributed by atoms with Gasteiger partial charge >= 0.3 is 6.18 Å². The molecule has 5 heteroatoms. The molecule has 0 bridgehead atoms. The van der Waals surface area contributed by atoms with E-state index in [2.05, 4.69) is 0 Å². The first kappa shape index (κ1) is 12.7. The van der Waals surface area contributed by atoms with Crippen molar-refractivity contribution in [2.24, 2.45) is 5.73 Å². The van der Waals surface area contributed by atoms with Crippen LogP contribution in [0.4, 0.5) is 13.2 Å². The summed E-state index contributed by atoms with van der Waals surface area (Å²) in [5.41, 5.74) is 5.36. The lowest BCUT2D eigenvalue weighted by Crippen LogP contribution is -2.32. The summed E-state index contributed by atoms with van der Waals surface area (Å²) >= 11 is 5.99. The van der Waals surface area contributed by atoms with E-state index in [1.54, 1.807) is 0 Å². The molecule has 1 aliphatic rings. The van der Waals surface area contributed by atoms with Crippen LogP contribution in [0.5, 0.6) is 0 Å². The van der Waals surface area contributed by atoms with Gasteiger partial charge in [-0.3, -0.25) is 0 Å². The van der Waals surface area contributed by atoms with Crippen LogP contribution in [-0.2, 0) is 11.6 Å². The summed E-state index contributed by atoms with van der Waals surface area (Å²) in [7, 11) is 0. The van der Waals surface area contributed by atoms with E-state index in [0.29, 0.717) is 10.6 Å². The van der Waals surface area contributed by atoms with Gasteiger partial charge in [0.25, 0.3) is 0 Å². The van der Waals surface area contributed by atoms with Crippen LogP contribution in [0.2, 0.25) is 5.02 Å². The van der Waals surface area contributed by atoms with E-state index in [9.17, 15) is 13.2 Å². The molecule has 0 amide bonds. The Morgan fingerprint density at radius 3 is 2.35 bits per heavy atom. The lowest BCUT2D eigenvalue weighted by Gasteiger charge is -2.22.